The third-order valence-electron chi connectivity index (χ3n) is 4.86. The second-order valence-electron chi connectivity index (χ2n) is 8.69. The minimum Gasteiger partial charge on any atom is -0.484 e. The maximum absolute atomic E-state index is 13.2. The van der Waals surface area contributed by atoms with Gasteiger partial charge in [0.25, 0.3) is 5.91 Å². The van der Waals surface area contributed by atoms with Crippen LogP contribution in [0.4, 0.5) is 0 Å². The van der Waals surface area contributed by atoms with E-state index in [-0.39, 0.29) is 24.0 Å². The molecule has 168 valence electrons. The molecule has 1 atom stereocenters. The van der Waals surface area contributed by atoms with Crippen molar-refractivity contribution >= 4 is 27.7 Å². The van der Waals surface area contributed by atoms with Gasteiger partial charge in [-0.25, -0.2) is 0 Å². The van der Waals surface area contributed by atoms with Gasteiger partial charge in [-0.2, -0.15) is 0 Å². The maximum Gasteiger partial charge on any atom is 0.261 e. The van der Waals surface area contributed by atoms with Gasteiger partial charge in [-0.3, -0.25) is 9.59 Å². The number of rotatable bonds is 9. The predicted octanol–water partition coefficient (Wildman–Crippen LogP) is 4.90. The van der Waals surface area contributed by atoms with E-state index in [0.717, 1.165) is 15.6 Å². The van der Waals surface area contributed by atoms with E-state index in [1.165, 1.54) is 0 Å². The summed E-state index contributed by atoms with van der Waals surface area (Å²) in [5.41, 5.74) is 1.78. The Morgan fingerprint density at radius 2 is 1.81 bits per heavy atom. The van der Waals surface area contributed by atoms with Crippen molar-refractivity contribution in [1.82, 2.24) is 10.2 Å². The Morgan fingerprint density at radius 3 is 2.39 bits per heavy atom. The number of benzene rings is 2. The summed E-state index contributed by atoms with van der Waals surface area (Å²) < 4.78 is 6.75. The van der Waals surface area contributed by atoms with Crippen molar-refractivity contribution in [1.29, 1.82) is 0 Å². The largest absolute Gasteiger partial charge is 0.484 e. The SMILES string of the molecule is CCC(C(=O)NC(C)(C)C)N(CCc1ccccc1)C(=O)COc1ccc(Br)c(C)c1. The number of halogens is 1. The summed E-state index contributed by atoms with van der Waals surface area (Å²) in [5, 5.41) is 3.01. The average Bonchev–Trinajstić information content (AvgIpc) is 2.71. The molecular formula is C25H33BrN2O3. The molecule has 0 aliphatic rings. The fourth-order valence-electron chi connectivity index (χ4n) is 3.28. The molecule has 0 saturated heterocycles. The summed E-state index contributed by atoms with van der Waals surface area (Å²) in [6, 6.07) is 15.0. The number of ether oxygens (including phenoxy) is 1. The Hall–Kier alpha value is -2.34. The van der Waals surface area contributed by atoms with Gasteiger partial charge in [0.1, 0.15) is 11.8 Å². The van der Waals surface area contributed by atoms with Gasteiger partial charge in [0, 0.05) is 16.6 Å². The summed E-state index contributed by atoms with van der Waals surface area (Å²) in [6.45, 7) is 10.0. The molecule has 2 rings (SSSR count). The first-order valence-electron chi connectivity index (χ1n) is 10.6. The standard InChI is InChI=1S/C25H33BrN2O3/c1-6-22(24(30)27-25(3,4)5)28(15-14-19-10-8-7-9-11-19)23(29)17-31-20-12-13-21(26)18(2)16-20/h7-13,16,22H,6,14-15,17H2,1-5H3,(H,27,30). The van der Waals surface area contributed by atoms with Crippen LogP contribution in [0.5, 0.6) is 5.75 Å². The Labute approximate surface area is 194 Å². The molecule has 1 unspecified atom stereocenters. The van der Waals surface area contributed by atoms with Crippen LogP contribution in [-0.2, 0) is 16.0 Å². The second kappa shape index (κ2) is 11.3. The van der Waals surface area contributed by atoms with Gasteiger partial charge >= 0.3 is 0 Å². The zero-order valence-corrected chi connectivity index (χ0v) is 20.7. The van der Waals surface area contributed by atoms with E-state index >= 15 is 0 Å². The normalized spacial score (nSPS) is 12.2. The molecule has 6 heteroatoms. The number of amides is 2. The van der Waals surface area contributed by atoms with Crippen molar-refractivity contribution in [2.45, 2.75) is 59.0 Å². The Balaban J connectivity index is 2.16. The van der Waals surface area contributed by atoms with Gasteiger partial charge in [0.05, 0.1) is 0 Å². The molecule has 2 aromatic rings. The fourth-order valence-corrected chi connectivity index (χ4v) is 3.53. The van der Waals surface area contributed by atoms with Crippen molar-refractivity contribution in [3.05, 3.63) is 64.1 Å². The summed E-state index contributed by atoms with van der Waals surface area (Å²) in [6.07, 6.45) is 1.20. The number of nitrogens with zero attached hydrogens (tertiary/aromatic N) is 1. The molecule has 0 aromatic heterocycles. The quantitative estimate of drug-likeness (QED) is 0.545. The van der Waals surface area contributed by atoms with Crippen molar-refractivity contribution in [3.63, 3.8) is 0 Å². The van der Waals surface area contributed by atoms with Gasteiger partial charge in [0.15, 0.2) is 6.61 Å². The first-order chi connectivity index (χ1) is 14.6. The number of hydrogen-bond acceptors (Lipinski definition) is 3. The number of carbonyl (C=O) groups is 2. The van der Waals surface area contributed by atoms with Crippen LogP contribution in [0.25, 0.3) is 0 Å². The highest BCUT2D eigenvalue weighted by Crippen LogP contribution is 2.22. The predicted molar refractivity (Wildman–Crippen MR) is 128 cm³/mol. The monoisotopic (exact) mass is 488 g/mol. The summed E-state index contributed by atoms with van der Waals surface area (Å²) >= 11 is 3.47. The highest BCUT2D eigenvalue weighted by molar-refractivity contribution is 9.10. The minimum atomic E-state index is -0.550. The van der Waals surface area contributed by atoms with Crippen LogP contribution in [-0.4, -0.2) is 41.4 Å². The molecule has 0 fully saturated rings. The number of aryl methyl sites for hydroxylation is 1. The zero-order valence-electron chi connectivity index (χ0n) is 19.1. The molecule has 0 aliphatic heterocycles. The number of carbonyl (C=O) groups excluding carboxylic acids is 2. The van der Waals surface area contributed by atoms with Crippen LogP contribution in [0.15, 0.2) is 53.0 Å². The van der Waals surface area contributed by atoms with E-state index in [1.807, 2.05) is 83.1 Å². The second-order valence-corrected chi connectivity index (χ2v) is 9.54. The topological polar surface area (TPSA) is 58.6 Å². The van der Waals surface area contributed by atoms with Crippen LogP contribution in [0, 0.1) is 6.92 Å². The lowest BCUT2D eigenvalue weighted by molar-refractivity contribution is -0.142. The van der Waals surface area contributed by atoms with E-state index in [9.17, 15) is 9.59 Å². The summed E-state index contributed by atoms with van der Waals surface area (Å²) in [7, 11) is 0. The average molecular weight is 489 g/mol. The van der Waals surface area contributed by atoms with Crippen molar-refractivity contribution in [2.24, 2.45) is 0 Å². The van der Waals surface area contributed by atoms with Gasteiger partial charge in [0.2, 0.25) is 5.91 Å². The number of nitrogens with one attached hydrogen (secondary N) is 1. The molecule has 31 heavy (non-hydrogen) atoms. The minimum absolute atomic E-state index is 0.116. The third kappa shape index (κ3) is 8.02. The Kier molecular flexibility index (Phi) is 9.11. The number of hydrogen-bond donors (Lipinski definition) is 1. The fraction of sp³-hybridized carbons (Fsp3) is 0.440. The maximum atomic E-state index is 13.2. The van der Waals surface area contributed by atoms with E-state index in [0.29, 0.717) is 25.1 Å². The Bertz CT molecular complexity index is 878. The van der Waals surface area contributed by atoms with Gasteiger partial charge in [-0.15, -0.1) is 0 Å². The third-order valence-corrected chi connectivity index (χ3v) is 5.75. The molecule has 1 N–H and O–H groups in total. The lowest BCUT2D eigenvalue weighted by Crippen LogP contribution is -2.54. The molecule has 5 nitrogen and oxygen atoms in total. The molecule has 0 bridgehead atoms. The van der Waals surface area contributed by atoms with Gasteiger partial charge in [-0.1, -0.05) is 53.2 Å². The van der Waals surface area contributed by atoms with Crippen LogP contribution < -0.4 is 10.1 Å². The van der Waals surface area contributed by atoms with Crippen LogP contribution in [0.3, 0.4) is 0 Å². The first kappa shape index (κ1) is 24.9. The van der Waals surface area contributed by atoms with Crippen LogP contribution in [0.1, 0.15) is 45.2 Å². The summed E-state index contributed by atoms with van der Waals surface area (Å²) in [5.74, 6) is 0.285. The van der Waals surface area contributed by atoms with Gasteiger partial charge < -0.3 is 15.0 Å². The molecule has 0 aliphatic carbocycles. The molecule has 0 spiro atoms. The van der Waals surface area contributed by atoms with E-state index in [4.69, 9.17) is 4.74 Å². The highest BCUT2D eigenvalue weighted by Gasteiger charge is 2.30. The molecule has 2 aromatic carbocycles. The lowest BCUT2D eigenvalue weighted by atomic mass is 10.1. The van der Waals surface area contributed by atoms with Crippen molar-refractivity contribution in [3.8, 4) is 5.75 Å². The van der Waals surface area contributed by atoms with Crippen LogP contribution >= 0.6 is 15.9 Å². The smallest absolute Gasteiger partial charge is 0.261 e. The molecule has 0 saturated carbocycles. The van der Waals surface area contributed by atoms with Gasteiger partial charge in [-0.05, 0) is 69.9 Å². The molecule has 2 amide bonds. The zero-order chi connectivity index (χ0) is 23.0. The van der Waals surface area contributed by atoms with E-state index < -0.39 is 6.04 Å². The lowest BCUT2D eigenvalue weighted by Gasteiger charge is -2.33. The molecule has 0 radical (unpaired) electrons. The van der Waals surface area contributed by atoms with E-state index in [2.05, 4.69) is 21.2 Å². The first-order valence-corrected chi connectivity index (χ1v) is 11.4. The van der Waals surface area contributed by atoms with Crippen molar-refractivity contribution < 1.29 is 14.3 Å². The Morgan fingerprint density at radius 1 is 1.13 bits per heavy atom. The molecular weight excluding hydrogens is 456 g/mol. The molecule has 0 heterocycles. The van der Waals surface area contributed by atoms with E-state index in [1.54, 1.807) is 4.90 Å². The highest BCUT2D eigenvalue weighted by atomic mass is 79.9. The summed E-state index contributed by atoms with van der Waals surface area (Å²) in [4.78, 5) is 27.8. The van der Waals surface area contributed by atoms with Crippen LogP contribution in [0.2, 0.25) is 0 Å². The van der Waals surface area contributed by atoms with Crippen molar-refractivity contribution in [2.75, 3.05) is 13.2 Å².